The topological polar surface area (TPSA) is 75.7 Å². The lowest BCUT2D eigenvalue weighted by molar-refractivity contribution is -0.121. The average molecular weight is 433 g/mol. The van der Waals surface area contributed by atoms with Crippen LogP contribution >= 0.6 is 0 Å². The molecule has 0 spiro atoms. The van der Waals surface area contributed by atoms with Crippen molar-refractivity contribution < 1.29 is 17.9 Å². The molecule has 6 nitrogen and oxygen atoms in total. The Morgan fingerprint density at radius 2 is 1.77 bits per heavy atom. The molecule has 0 aliphatic rings. The van der Waals surface area contributed by atoms with Gasteiger partial charge < -0.3 is 10.1 Å². The van der Waals surface area contributed by atoms with Crippen LogP contribution in [-0.2, 0) is 14.8 Å². The first-order valence-electron chi connectivity index (χ1n) is 10.1. The first kappa shape index (κ1) is 23.7. The predicted octanol–water partition coefficient (Wildman–Crippen LogP) is 3.78. The zero-order valence-electron chi connectivity index (χ0n) is 18.6. The summed E-state index contributed by atoms with van der Waals surface area (Å²) in [6.07, 6.45) is 1.12. The summed E-state index contributed by atoms with van der Waals surface area (Å²) in [5.41, 5.74) is 3.34. The second-order valence-corrected chi connectivity index (χ2v) is 9.72. The molecular formula is C23H32N2O4S. The van der Waals surface area contributed by atoms with Gasteiger partial charge in [0.1, 0.15) is 18.4 Å². The molecule has 0 radical (unpaired) electrons. The van der Waals surface area contributed by atoms with Crippen LogP contribution < -0.4 is 14.4 Å². The molecule has 2 aromatic rings. The lowest BCUT2D eigenvalue weighted by Gasteiger charge is -2.29. The van der Waals surface area contributed by atoms with Crippen molar-refractivity contribution in [3.63, 3.8) is 0 Å². The van der Waals surface area contributed by atoms with Gasteiger partial charge in [-0.05, 0) is 55.5 Å². The molecule has 0 saturated heterocycles. The highest BCUT2D eigenvalue weighted by atomic mass is 32.2. The number of hydrogen-bond donors (Lipinski definition) is 1. The van der Waals surface area contributed by atoms with Crippen molar-refractivity contribution in [2.45, 2.75) is 46.6 Å². The highest BCUT2D eigenvalue weighted by Crippen LogP contribution is 2.27. The number of rotatable bonds is 9. The molecule has 2 rings (SSSR count). The molecule has 1 N–H and O–H groups in total. The molecule has 1 atom stereocenters. The Balaban J connectivity index is 2.05. The van der Waals surface area contributed by atoms with Crippen molar-refractivity contribution in [3.05, 3.63) is 59.2 Å². The zero-order chi connectivity index (χ0) is 22.5. The third-order valence-electron chi connectivity index (χ3n) is 4.89. The number of sulfonamides is 1. The number of benzene rings is 2. The van der Waals surface area contributed by atoms with Crippen LogP contribution in [0, 0.1) is 13.8 Å². The Hall–Kier alpha value is -2.54. The maximum Gasteiger partial charge on any atom is 0.243 e. The number of nitrogens with zero attached hydrogens (tertiary/aromatic N) is 1. The van der Waals surface area contributed by atoms with Gasteiger partial charge in [0.25, 0.3) is 0 Å². The lowest BCUT2D eigenvalue weighted by atomic mass is 10.0. The molecule has 30 heavy (non-hydrogen) atoms. The molecule has 2 aromatic carbocycles. The number of ether oxygens (including phenoxy) is 1. The van der Waals surface area contributed by atoms with E-state index in [9.17, 15) is 13.2 Å². The van der Waals surface area contributed by atoms with Crippen molar-refractivity contribution in [2.75, 3.05) is 23.7 Å². The molecule has 0 heterocycles. The predicted molar refractivity (Wildman–Crippen MR) is 122 cm³/mol. The van der Waals surface area contributed by atoms with Crippen LogP contribution in [0.25, 0.3) is 0 Å². The van der Waals surface area contributed by atoms with E-state index in [0.717, 1.165) is 28.7 Å². The summed E-state index contributed by atoms with van der Waals surface area (Å²) in [5.74, 6) is 0.752. The van der Waals surface area contributed by atoms with Gasteiger partial charge in [-0.3, -0.25) is 9.10 Å². The minimum Gasteiger partial charge on any atom is -0.491 e. The molecule has 0 aromatic heterocycles. The lowest BCUT2D eigenvalue weighted by Crippen LogP contribution is -2.48. The van der Waals surface area contributed by atoms with E-state index >= 15 is 0 Å². The van der Waals surface area contributed by atoms with E-state index in [1.54, 1.807) is 13.0 Å². The van der Waals surface area contributed by atoms with Crippen LogP contribution in [0.4, 0.5) is 5.69 Å². The van der Waals surface area contributed by atoms with Crippen molar-refractivity contribution >= 4 is 21.6 Å². The Morgan fingerprint density at radius 1 is 1.10 bits per heavy atom. The average Bonchev–Trinajstić information content (AvgIpc) is 2.67. The van der Waals surface area contributed by atoms with Crippen LogP contribution in [0.15, 0.2) is 42.5 Å². The van der Waals surface area contributed by atoms with E-state index in [2.05, 4.69) is 19.2 Å². The Labute approximate surface area is 180 Å². The molecule has 1 amide bonds. The van der Waals surface area contributed by atoms with Crippen LogP contribution in [0.2, 0.25) is 0 Å². The molecule has 7 heteroatoms. The van der Waals surface area contributed by atoms with Gasteiger partial charge >= 0.3 is 0 Å². The number of anilines is 1. The van der Waals surface area contributed by atoms with Gasteiger partial charge in [0, 0.05) is 0 Å². The Bertz CT molecular complexity index is 986. The summed E-state index contributed by atoms with van der Waals surface area (Å²) in [6, 6.07) is 12.5. The summed E-state index contributed by atoms with van der Waals surface area (Å²) in [4.78, 5) is 12.7. The number of nitrogens with one attached hydrogen (secondary N) is 1. The number of para-hydroxylation sites is 1. The highest BCUT2D eigenvalue weighted by molar-refractivity contribution is 7.92. The largest absolute Gasteiger partial charge is 0.491 e. The summed E-state index contributed by atoms with van der Waals surface area (Å²) < 4.78 is 32.0. The number of hydrogen-bond acceptors (Lipinski definition) is 4. The van der Waals surface area contributed by atoms with Crippen LogP contribution in [0.5, 0.6) is 5.75 Å². The number of carbonyl (C=O) groups excluding carboxylic acids is 1. The van der Waals surface area contributed by atoms with Crippen molar-refractivity contribution in [1.82, 2.24) is 5.32 Å². The van der Waals surface area contributed by atoms with E-state index < -0.39 is 16.1 Å². The summed E-state index contributed by atoms with van der Waals surface area (Å²) in [5, 5.41) is 2.79. The molecular weight excluding hydrogens is 400 g/mol. The molecule has 0 saturated carbocycles. The van der Waals surface area contributed by atoms with Gasteiger partial charge in [-0.25, -0.2) is 8.42 Å². The van der Waals surface area contributed by atoms with E-state index in [0.29, 0.717) is 18.2 Å². The summed E-state index contributed by atoms with van der Waals surface area (Å²) >= 11 is 0. The molecule has 1 unspecified atom stereocenters. The minimum absolute atomic E-state index is 0.278. The minimum atomic E-state index is -3.65. The third kappa shape index (κ3) is 5.98. The maximum atomic E-state index is 12.7. The van der Waals surface area contributed by atoms with Gasteiger partial charge in [0.2, 0.25) is 15.9 Å². The van der Waals surface area contributed by atoms with Crippen molar-refractivity contribution in [3.8, 4) is 5.75 Å². The summed E-state index contributed by atoms with van der Waals surface area (Å²) in [7, 11) is -3.65. The quantitative estimate of drug-likeness (QED) is 0.612. The fourth-order valence-electron chi connectivity index (χ4n) is 3.31. The van der Waals surface area contributed by atoms with Gasteiger partial charge in [-0.15, -0.1) is 0 Å². The normalized spacial score (nSPS) is 12.5. The second-order valence-electron chi connectivity index (χ2n) is 7.86. The highest BCUT2D eigenvalue weighted by Gasteiger charge is 2.30. The van der Waals surface area contributed by atoms with Crippen LogP contribution in [0.1, 0.15) is 43.4 Å². The van der Waals surface area contributed by atoms with Crippen molar-refractivity contribution in [1.29, 1.82) is 0 Å². The van der Waals surface area contributed by atoms with Gasteiger partial charge in [-0.1, -0.05) is 44.2 Å². The van der Waals surface area contributed by atoms with E-state index in [1.165, 1.54) is 4.31 Å². The fourth-order valence-corrected chi connectivity index (χ4v) is 4.53. The SMILES string of the molecule is Cc1ccc(C)c(N(C(C)C(=O)NCCOc2ccccc2C(C)C)S(C)(=O)=O)c1. The van der Waals surface area contributed by atoms with Crippen LogP contribution in [0.3, 0.4) is 0 Å². The van der Waals surface area contributed by atoms with E-state index in [-0.39, 0.29) is 12.5 Å². The van der Waals surface area contributed by atoms with Crippen LogP contribution in [-0.4, -0.2) is 39.8 Å². The van der Waals surface area contributed by atoms with Crippen molar-refractivity contribution in [2.24, 2.45) is 0 Å². The zero-order valence-corrected chi connectivity index (χ0v) is 19.4. The Kier molecular flexibility index (Phi) is 7.89. The first-order valence-corrected chi connectivity index (χ1v) is 11.9. The number of aryl methyl sites for hydroxylation is 2. The third-order valence-corrected chi connectivity index (χ3v) is 6.12. The maximum absolute atomic E-state index is 12.7. The van der Waals surface area contributed by atoms with E-state index in [1.807, 2.05) is 50.2 Å². The Morgan fingerprint density at radius 3 is 2.40 bits per heavy atom. The fraction of sp³-hybridized carbons (Fsp3) is 0.435. The number of carbonyl (C=O) groups is 1. The molecule has 0 aliphatic carbocycles. The first-order chi connectivity index (χ1) is 14.0. The molecule has 164 valence electrons. The van der Waals surface area contributed by atoms with Gasteiger partial charge in [-0.2, -0.15) is 0 Å². The monoisotopic (exact) mass is 432 g/mol. The smallest absolute Gasteiger partial charge is 0.243 e. The second kappa shape index (κ2) is 9.98. The van der Waals surface area contributed by atoms with Gasteiger partial charge in [0.15, 0.2) is 0 Å². The molecule has 0 fully saturated rings. The standard InChI is InChI=1S/C23H32N2O4S/c1-16(2)20-9-7-8-10-22(20)29-14-13-24-23(26)19(5)25(30(6,27)28)21-15-17(3)11-12-18(21)4/h7-12,15-16,19H,13-14H2,1-6H3,(H,24,26). The van der Waals surface area contributed by atoms with E-state index in [4.69, 9.17) is 4.74 Å². The molecule has 0 aliphatic heterocycles. The molecule has 0 bridgehead atoms. The summed E-state index contributed by atoms with van der Waals surface area (Å²) in [6.45, 7) is 10.1. The number of amides is 1. The van der Waals surface area contributed by atoms with Gasteiger partial charge in [0.05, 0.1) is 18.5 Å².